The van der Waals surface area contributed by atoms with E-state index in [1.807, 2.05) is 11.3 Å². The largest absolute Gasteiger partial charge is 0.310 e. The van der Waals surface area contributed by atoms with Crippen molar-refractivity contribution in [2.45, 2.75) is 0 Å². The Morgan fingerprint density at radius 1 is 0.426 bits per heavy atom. The van der Waals surface area contributed by atoms with E-state index in [2.05, 4.69) is 180 Å². The van der Waals surface area contributed by atoms with Crippen molar-refractivity contribution in [3.63, 3.8) is 0 Å². The lowest BCUT2D eigenvalue weighted by Crippen LogP contribution is -2.16. The van der Waals surface area contributed by atoms with Gasteiger partial charge in [0.05, 0.1) is 11.4 Å². The van der Waals surface area contributed by atoms with Crippen molar-refractivity contribution in [3.05, 3.63) is 170 Å². The summed E-state index contributed by atoms with van der Waals surface area (Å²) < 4.78 is 2.63. The molecule has 0 amide bonds. The van der Waals surface area contributed by atoms with Crippen molar-refractivity contribution >= 4 is 87.2 Å². The first kappa shape index (κ1) is 26.3. The van der Waals surface area contributed by atoms with Gasteiger partial charge in [-0.1, -0.05) is 103 Å². The first-order chi connectivity index (χ1) is 23.3. The molecular weight excluding hydrogens is 589 g/mol. The minimum absolute atomic E-state index is 1.12. The summed E-state index contributed by atoms with van der Waals surface area (Å²) in [5.74, 6) is 0. The van der Waals surface area contributed by atoms with Crippen molar-refractivity contribution in [1.82, 2.24) is 0 Å². The van der Waals surface area contributed by atoms with Crippen LogP contribution in [0.25, 0.3) is 52.8 Å². The number of thiophene rings is 1. The standard InChI is InChI=1S/C44H28N2S/c1-2-13-31(14-3-1)45(34-25-27-42-39(28-34)36-16-6-7-19-41(36)47-42)32-21-23-33(24-22-32)46-40-18-9-12-30-11-8-17-37(43(30)40)38-26-20-29-10-4-5-15-35(29)44(38)46/h1-28H. The molecule has 2 nitrogen and oxygen atoms in total. The van der Waals surface area contributed by atoms with Gasteiger partial charge in [0.1, 0.15) is 0 Å². The van der Waals surface area contributed by atoms with Crippen LogP contribution in [-0.2, 0) is 0 Å². The highest BCUT2D eigenvalue weighted by Crippen LogP contribution is 2.53. The molecule has 10 rings (SSSR count). The molecule has 0 unspecified atom stereocenters. The minimum Gasteiger partial charge on any atom is -0.310 e. The third-order valence-electron chi connectivity index (χ3n) is 9.54. The average molecular weight is 617 g/mol. The first-order valence-electron chi connectivity index (χ1n) is 16.0. The number of nitrogens with zero attached hydrogens (tertiary/aromatic N) is 2. The van der Waals surface area contributed by atoms with Gasteiger partial charge in [-0.3, -0.25) is 0 Å². The Labute approximate surface area is 277 Å². The molecule has 1 aliphatic heterocycles. The fourth-order valence-electron chi connectivity index (χ4n) is 7.46. The Balaban J connectivity index is 1.16. The summed E-state index contributed by atoms with van der Waals surface area (Å²) in [5, 5.41) is 7.65. The van der Waals surface area contributed by atoms with E-state index in [1.165, 1.54) is 64.2 Å². The quantitative estimate of drug-likeness (QED) is 0.194. The van der Waals surface area contributed by atoms with Crippen LogP contribution in [0.5, 0.6) is 0 Å². The van der Waals surface area contributed by atoms with Gasteiger partial charge < -0.3 is 9.80 Å². The molecule has 0 atom stereocenters. The number of anilines is 6. The summed E-state index contributed by atoms with van der Waals surface area (Å²) in [6.07, 6.45) is 0. The van der Waals surface area contributed by atoms with Crippen molar-refractivity contribution in [3.8, 4) is 11.1 Å². The second kappa shape index (κ2) is 10.3. The number of rotatable bonds is 4. The lowest BCUT2D eigenvalue weighted by atomic mass is 9.88. The molecule has 0 spiro atoms. The summed E-state index contributed by atoms with van der Waals surface area (Å²) in [5.41, 5.74) is 9.53. The second-order valence-corrected chi connectivity index (χ2v) is 13.2. The van der Waals surface area contributed by atoms with E-state index in [9.17, 15) is 0 Å². The monoisotopic (exact) mass is 616 g/mol. The number of para-hydroxylation sites is 1. The molecule has 3 heteroatoms. The molecule has 0 fully saturated rings. The predicted octanol–water partition coefficient (Wildman–Crippen LogP) is 13.3. The third-order valence-corrected chi connectivity index (χ3v) is 10.7. The van der Waals surface area contributed by atoms with Gasteiger partial charge in [0.25, 0.3) is 0 Å². The smallest absolute Gasteiger partial charge is 0.0618 e. The number of hydrogen-bond donors (Lipinski definition) is 0. The summed E-state index contributed by atoms with van der Waals surface area (Å²) >= 11 is 1.86. The molecule has 2 heterocycles. The molecule has 0 aliphatic carbocycles. The average Bonchev–Trinajstić information content (AvgIpc) is 3.51. The van der Waals surface area contributed by atoms with Crippen LogP contribution in [0.2, 0.25) is 0 Å². The summed E-state index contributed by atoms with van der Waals surface area (Å²) in [6.45, 7) is 0. The summed E-state index contributed by atoms with van der Waals surface area (Å²) in [4.78, 5) is 4.83. The minimum atomic E-state index is 1.12. The van der Waals surface area contributed by atoms with Crippen molar-refractivity contribution in [2.75, 3.05) is 9.80 Å². The van der Waals surface area contributed by atoms with Gasteiger partial charge in [0.2, 0.25) is 0 Å². The zero-order chi connectivity index (χ0) is 30.9. The number of benzene rings is 8. The molecule has 0 bridgehead atoms. The van der Waals surface area contributed by atoms with Gasteiger partial charge in [-0.05, 0) is 83.1 Å². The van der Waals surface area contributed by atoms with Crippen molar-refractivity contribution in [1.29, 1.82) is 0 Å². The van der Waals surface area contributed by atoms with Crippen LogP contribution in [0.3, 0.4) is 0 Å². The zero-order valence-corrected chi connectivity index (χ0v) is 26.3. The number of hydrogen-bond acceptors (Lipinski definition) is 3. The molecule has 0 saturated carbocycles. The highest BCUT2D eigenvalue weighted by molar-refractivity contribution is 7.25. The van der Waals surface area contributed by atoms with E-state index < -0.39 is 0 Å². The van der Waals surface area contributed by atoms with E-state index in [4.69, 9.17) is 0 Å². The van der Waals surface area contributed by atoms with Gasteiger partial charge in [0.15, 0.2) is 0 Å². The fourth-order valence-corrected chi connectivity index (χ4v) is 8.55. The Kier molecular flexibility index (Phi) is 5.78. The van der Waals surface area contributed by atoms with Crippen molar-refractivity contribution in [2.24, 2.45) is 0 Å². The van der Waals surface area contributed by atoms with E-state index in [0.717, 1.165) is 22.7 Å². The van der Waals surface area contributed by atoms with Crippen LogP contribution >= 0.6 is 11.3 Å². The zero-order valence-electron chi connectivity index (χ0n) is 25.5. The normalized spacial score (nSPS) is 12.2. The maximum atomic E-state index is 2.47. The molecule has 8 aromatic carbocycles. The third kappa shape index (κ3) is 4.04. The van der Waals surface area contributed by atoms with Gasteiger partial charge in [-0.2, -0.15) is 0 Å². The Morgan fingerprint density at radius 2 is 1.11 bits per heavy atom. The van der Waals surface area contributed by atoms with Crippen LogP contribution in [0.4, 0.5) is 34.1 Å². The van der Waals surface area contributed by atoms with Gasteiger partial charge >= 0.3 is 0 Å². The van der Waals surface area contributed by atoms with E-state index in [-0.39, 0.29) is 0 Å². The van der Waals surface area contributed by atoms with Gasteiger partial charge in [-0.25, -0.2) is 0 Å². The molecule has 9 aromatic rings. The molecule has 1 aliphatic rings. The molecule has 0 saturated heterocycles. The number of fused-ring (bicyclic) bond motifs is 7. The molecule has 47 heavy (non-hydrogen) atoms. The van der Waals surface area contributed by atoms with Gasteiger partial charge in [-0.15, -0.1) is 11.3 Å². The van der Waals surface area contributed by atoms with Crippen LogP contribution in [0, 0.1) is 0 Å². The van der Waals surface area contributed by atoms with Crippen molar-refractivity contribution < 1.29 is 0 Å². The van der Waals surface area contributed by atoms with Crippen LogP contribution in [0.15, 0.2) is 170 Å². The lowest BCUT2D eigenvalue weighted by Gasteiger charge is -2.35. The van der Waals surface area contributed by atoms with Crippen LogP contribution in [0.1, 0.15) is 0 Å². The maximum absolute atomic E-state index is 2.47. The van der Waals surface area contributed by atoms with E-state index in [1.54, 1.807) is 0 Å². The topological polar surface area (TPSA) is 6.48 Å². The molecule has 220 valence electrons. The van der Waals surface area contributed by atoms with E-state index in [0.29, 0.717) is 0 Å². The Morgan fingerprint density at radius 3 is 1.98 bits per heavy atom. The maximum Gasteiger partial charge on any atom is 0.0618 e. The lowest BCUT2D eigenvalue weighted by molar-refractivity contribution is 1.27. The highest BCUT2D eigenvalue weighted by Gasteiger charge is 2.27. The second-order valence-electron chi connectivity index (χ2n) is 12.2. The molecule has 0 radical (unpaired) electrons. The predicted molar refractivity (Wildman–Crippen MR) is 203 cm³/mol. The molecule has 1 aromatic heterocycles. The summed E-state index contributed by atoms with van der Waals surface area (Å²) in [6, 6.07) is 62.0. The van der Waals surface area contributed by atoms with Crippen LogP contribution < -0.4 is 9.80 Å². The van der Waals surface area contributed by atoms with Gasteiger partial charge in [0, 0.05) is 59.3 Å². The SMILES string of the molecule is c1ccc(N(c2ccc(N3c4c(ccc5ccccc45)-c4cccc5cccc3c45)cc2)c2ccc3sc4ccccc4c3c2)cc1. The Hall–Kier alpha value is -5.90. The molecule has 0 N–H and O–H groups in total. The first-order valence-corrected chi connectivity index (χ1v) is 16.8. The van der Waals surface area contributed by atoms with Crippen LogP contribution in [-0.4, -0.2) is 0 Å². The highest BCUT2D eigenvalue weighted by atomic mass is 32.1. The summed E-state index contributed by atoms with van der Waals surface area (Å²) in [7, 11) is 0. The van der Waals surface area contributed by atoms with E-state index >= 15 is 0 Å². The Bertz CT molecular complexity index is 2630. The fraction of sp³-hybridized carbons (Fsp3) is 0. The molecular formula is C44H28N2S.